The molecule has 1 saturated heterocycles. The van der Waals surface area contributed by atoms with Gasteiger partial charge in [0, 0.05) is 12.1 Å². The van der Waals surface area contributed by atoms with Gasteiger partial charge in [-0.1, -0.05) is 12.8 Å². The first-order valence-electron chi connectivity index (χ1n) is 5.99. The van der Waals surface area contributed by atoms with Gasteiger partial charge < -0.3 is 10.6 Å². The second kappa shape index (κ2) is 5.64. The van der Waals surface area contributed by atoms with E-state index in [2.05, 4.69) is 10.6 Å². The highest BCUT2D eigenvalue weighted by atomic mass is 32.2. The van der Waals surface area contributed by atoms with Crippen LogP contribution in [-0.2, 0) is 0 Å². The largest absolute Gasteiger partial charge is 0.335 e. The van der Waals surface area contributed by atoms with E-state index < -0.39 is 0 Å². The molecule has 0 aromatic rings. The minimum atomic E-state index is 0.0544. The number of rotatable bonds is 2. The molecule has 4 heteroatoms. The third kappa shape index (κ3) is 3.59. The molecule has 86 valence electrons. The van der Waals surface area contributed by atoms with Crippen LogP contribution in [0, 0.1) is 0 Å². The molecule has 2 N–H and O–H groups in total. The molecule has 2 rings (SSSR count). The lowest BCUT2D eigenvalue weighted by Crippen LogP contribution is -2.46. The summed E-state index contributed by atoms with van der Waals surface area (Å²) in [6.45, 7) is 0. The number of carbonyl (C=O) groups excluding carboxylic acids is 1. The molecule has 0 bridgehead atoms. The summed E-state index contributed by atoms with van der Waals surface area (Å²) in [5.74, 6) is 2.38. The second-order valence-electron chi connectivity index (χ2n) is 4.49. The molecule has 0 unspecified atom stereocenters. The van der Waals surface area contributed by atoms with Crippen molar-refractivity contribution < 1.29 is 4.79 Å². The maximum absolute atomic E-state index is 11.6. The van der Waals surface area contributed by atoms with Crippen molar-refractivity contribution in [3.8, 4) is 0 Å². The highest BCUT2D eigenvalue weighted by molar-refractivity contribution is 7.99. The van der Waals surface area contributed by atoms with Gasteiger partial charge in [0.05, 0.1) is 0 Å². The molecule has 3 nitrogen and oxygen atoms in total. The Bertz CT molecular complexity index is 211. The molecular formula is C11H20N2OS. The van der Waals surface area contributed by atoms with Crippen molar-refractivity contribution in [2.75, 3.05) is 11.5 Å². The van der Waals surface area contributed by atoms with Gasteiger partial charge in [-0.15, -0.1) is 0 Å². The monoisotopic (exact) mass is 228 g/mol. The number of urea groups is 1. The van der Waals surface area contributed by atoms with Crippen LogP contribution in [0.5, 0.6) is 0 Å². The quantitative estimate of drug-likeness (QED) is 0.760. The Morgan fingerprint density at radius 3 is 2.07 bits per heavy atom. The van der Waals surface area contributed by atoms with Crippen molar-refractivity contribution in [1.29, 1.82) is 0 Å². The van der Waals surface area contributed by atoms with Gasteiger partial charge in [-0.25, -0.2) is 4.79 Å². The van der Waals surface area contributed by atoms with E-state index in [1.54, 1.807) is 0 Å². The van der Waals surface area contributed by atoms with E-state index in [1.807, 2.05) is 11.8 Å². The normalized spacial score (nSPS) is 24.0. The molecule has 0 spiro atoms. The third-order valence-electron chi connectivity index (χ3n) is 3.25. The van der Waals surface area contributed by atoms with E-state index in [0.717, 1.165) is 25.7 Å². The minimum absolute atomic E-state index is 0.0544. The van der Waals surface area contributed by atoms with Gasteiger partial charge in [-0.2, -0.15) is 11.8 Å². The smallest absolute Gasteiger partial charge is 0.315 e. The summed E-state index contributed by atoms with van der Waals surface area (Å²) in [7, 11) is 0. The zero-order valence-electron chi connectivity index (χ0n) is 9.13. The first kappa shape index (κ1) is 11.1. The summed E-state index contributed by atoms with van der Waals surface area (Å²) in [4.78, 5) is 11.6. The predicted octanol–water partition coefficient (Wildman–Crippen LogP) is 2.12. The van der Waals surface area contributed by atoms with Crippen LogP contribution >= 0.6 is 11.8 Å². The third-order valence-corrected chi connectivity index (χ3v) is 4.30. The molecule has 0 aromatic heterocycles. The maximum atomic E-state index is 11.6. The Morgan fingerprint density at radius 1 is 0.933 bits per heavy atom. The van der Waals surface area contributed by atoms with Crippen LogP contribution < -0.4 is 10.6 Å². The van der Waals surface area contributed by atoms with Crippen LogP contribution in [0.1, 0.15) is 38.5 Å². The lowest BCUT2D eigenvalue weighted by molar-refractivity contribution is 0.232. The fraction of sp³-hybridized carbons (Fsp3) is 0.909. The van der Waals surface area contributed by atoms with Gasteiger partial charge in [-0.05, 0) is 37.2 Å². The Labute approximate surface area is 95.8 Å². The molecule has 0 aromatic carbocycles. The Morgan fingerprint density at radius 2 is 1.47 bits per heavy atom. The van der Waals surface area contributed by atoms with Gasteiger partial charge in [0.2, 0.25) is 0 Å². The zero-order valence-corrected chi connectivity index (χ0v) is 9.94. The van der Waals surface area contributed by atoms with Crippen LogP contribution in [0.25, 0.3) is 0 Å². The number of hydrogen-bond acceptors (Lipinski definition) is 2. The lowest BCUT2D eigenvalue weighted by atomic mass is 10.1. The summed E-state index contributed by atoms with van der Waals surface area (Å²) in [5.41, 5.74) is 0. The fourth-order valence-electron chi connectivity index (χ4n) is 2.32. The molecule has 1 aliphatic heterocycles. The molecule has 2 aliphatic rings. The van der Waals surface area contributed by atoms with E-state index in [-0.39, 0.29) is 6.03 Å². The van der Waals surface area contributed by atoms with E-state index in [4.69, 9.17) is 0 Å². The van der Waals surface area contributed by atoms with Crippen molar-refractivity contribution >= 4 is 17.8 Å². The SMILES string of the molecule is O=C(NC1CCCC1)NC1CCSCC1. The second-order valence-corrected chi connectivity index (χ2v) is 5.71. The van der Waals surface area contributed by atoms with Crippen molar-refractivity contribution in [2.24, 2.45) is 0 Å². The molecule has 1 saturated carbocycles. The van der Waals surface area contributed by atoms with E-state index in [0.29, 0.717) is 12.1 Å². The first-order chi connectivity index (χ1) is 7.34. The summed E-state index contributed by atoms with van der Waals surface area (Å²) in [6, 6.07) is 0.898. The Hall–Kier alpha value is -0.380. The van der Waals surface area contributed by atoms with E-state index >= 15 is 0 Å². The number of carbonyl (C=O) groups is 1. The highest BCUT2D eigenvalue weighted by Gasteiger charge is 2.20. The molecule has 0 radical (unpaired) electrons. The van der Waals surface area contributed by atoms with Crippen LogP contribution in [0.15, 0.2) is 0 Å². The van der Waals surface area contributed by atoms with Crippen molar-refractivity contribution in [3.63, 3.8) is 0 Å². The number of nitrogens with one attached hydrogen (secondary N) is 2. The van der Waals surface area contributed by atoms with E-state index in [9.17, 15) is 4.79 Å². The fourth-order valence-corrected chi connectivity index (χ4v) is 3.43. The summed E-state index contributed by atoms with van der Waals surface area (Å²) < 4.78 is 0. The number of hydrogen-bond donors (Lipinski definition) is 2. The summed E-state index contributed by atoms with van der Waals surface area (Å²) in [5, 5.41) is 6.15. The van der Waals surface area contributed by atoms with Gasteiger partial charge >= 0.3 is 6.03 Å². The molecule has 2 amide bonds. The zero-order chi connectivity index (χ0) is 10.5. The van der Waals surface area contributed by atoms with Gasteiger partial charge in [0.25, 0.3) is 0 Å². The Kier molecular flexibility index (Phi) is 4.18. The molecule has 1 heterocycles. The van der Waals surface area contributed by atoms with Crippen LogP contribution in [0.2, 0.25) is 0 Å². The topological polar surface area (TPSA) is 41.1 Å². The average Bonchev–Trinajstić information content (AvgIpc) is 2.71. The van der Waals surface area contributed by atoms with Gasteiger partial charge in [0.15, 0.2) is 0 Å². The first-order valence-corrected chi connectivity index (χ1v) is 7.15. The standard InChI is InChI=1S/C11H20N2OS/c14-11(12-9-3-1-2-4-9)13-10-5-7-15-8-6-10/h9-10H,1-8H2,(H2,12,13,14). The van der Waals surface area contributed by atoms with Crippen LogP contribution in [-0.4, -0.2) is 29.6 Å². The van der Waals surface area contributed by atoms with Crippen LogP contribution in [0.4, 0.5) is 4.79 Å². The molecule has 2 fully saturated rings. The Balaban J connectivity index is 1.66. The van der Waals surface area contributed by atoms with Crippen molar-refractivity contribution in [1.82, 2.24) is 10.6 Å². The molecular weight excluding hydrogens is 208 g/mol. The van der Waals surface area contributed by atoms with Crippen molar-refractivity contribution in [2.45, 2.75) is 50.6 Å². The summed E-state index contributed by atoms with van der Waals surface area (Å²) in [6.07, 6.45) is 7.11. The van der Waals surface area contributed by atoms with Gasteiger partial charge in [-0.3, -0.25) is 0 Å². The van der Waals surface area contributed by atoms with Crippen molar-refractivity contribution in [3.05, 3.63) is 0 Å². The highest BCUT2D eigenvalue weighted by Crippen LogP contribution is 2.18. The number of thioether (sulfide) groups is 1. The summed E-state index contributed by atoms with van der Waals surface area (Å²) >= 11 is 1.99. The minimum Gasteiger partial charge on any atom is -0.335 e. The van der Waals surface area contributed by atoms with Crippen LogP contribution in [0.3, 0.4) is 0 Å². The lowest BCUT2D eigenvalue weighted by Gasteiger charge is -2.23. The van der Waals surface area contributed by atoms with Gasteiger partial charge in [0.1, 0.15) is 0 Å². The molecule has 15 heavy (non-hydrogen) atoms. The number of amides is 2. The average molecular weight is 228 g/mol. The van der Waals surface area contributed by atoms with E-state index in [1.165, 1.54) is 24.3 Å². The predicted molar refractivity (Wildman–Crippen MR) is 64.3 cm³/mol. The molecule has 1 aliphatic carbocycles. The molecule has 0 atom stereocenters. The maximum Gasteiger partial charge on any atom is 0.315 e.